The van der Waals surface area contributed by atoms with Crippen molar-refractivity contribution < 1.29 is 9.59 Å². The number of hydrogen-bond donors (Lipinski definition) is 2. The molecule has 0 bridgehead atoms. The molecule has 0 aromatic heterocycles. The van der Waals surface area contributed by atoms with E-state index in [4.69, 9.17) is 5.73 Å². The summed E-state index contributed by atoms with van der Waals surface area (Å²) in [5.41, 5.74) is 5.08. The molecule has 0 saturated carbocycles. The van der Waals surface area contributed by atoms with Gasteiger partial charge < -0.3 is 11.1 Å². The summed E-state index contributed by atoms with van der Waals surface area (Å²) in [6, 6.07) is 0. The van der Waals surface area contributed by atoms with Gasteiger partial charge in [-0.2, -0.15) is 0 Å². The Morgan fingerprint density at radius 1 is 0.762 bits per heavy atom. The molecule has 0 saturated heterocycles. The topological polar surface area (TPSA) is 72.2 Å². The molecule has 124 valence electrons. The Labute approximate surface area is 130 Å². The molecule has 0 aliphatic heterocycles. The van der Waals surface area contributed by atoms with Crippen LogP contribution in [0.1, 0.15) is 90.4 Å². The van der Waals surface area contributed by atoms with Gasteiger partial charge in [0.25, 0.3) is 0 Å². The summed E-state index contributed by atoms with van der Waals surface area (Å²) in [6.07, 6.45) is 13.7. The van der Waals surface area contributed by atoms with Gasteiger partial charge in [-0.15, -0.1) is 0 Å². The zero-order valence-corrected chi connectivity index (χ0v) is 13.8. The molecule has 0 atom stereocenters. The van der Waals surface area contributed by atoms with Crippen LogP contribution in [0.25, 0.3) is 0 Å². The monoisotopic (exact) mass is 298 g/mol. The van der Waals surface area contributed by atoms with Gasteiger partial charge in [-0.25, -0.2) is 0 Å². The zero-order chi connectivity index (χ0) is 15.8. The van der Waals surface area contributed by atoms with E-state index >= 15 is 0 Å². The highest BCUT2D eigenvalue weighted by Crippen LogP contribution is 2.07. The summed E-state index contributed by atoms with van der Waals surface area (Å²) in [5.74, 6) is -0.0174. The molecule has 0 aliphatic rings. The van der Waals surface area contributed by atoms with Crippen molar-refractivity contribution in [1.29, 1.82) is 0 Å². The van der Waals surface area contributed by atoms with E-state index in [2.05, 4.69) is 12.2 Å². The van der Waals surface area contributed by atoms with Gasteiger partial charge in [-0.3, -0.25) is 9.59 Å². The lowest BCUT2D eigenvalue weighted by Crippen LogP contribution is -2.23. The second-order valence-electron chi connectivity index (χ2n) is 5.85. The molecule has 0 spiro atoms. The Morgan fingerprint density at radius 3 is 1.90 bits per heavy atom. The van der Waals surface area contributed by atoms with Crippen molar-refractivity contribution in [3.05, 3.63) is 0 Å². The molecule has 0 aromatic carbocycles. The van der Waals surface area contributed by atoms with Gasteiger partial charge in [0.2, 0.25) is 11.8 Å². The molecular formula is C17H34N2O2. The van der Waals surface area contributed by atoms with Crippen molar-refractivity contribution in [2.24, 2.45) is 5.73 Å². The van der Waals surface area contributed by atoms with Gasteiger partial charge in [0, 0.05) is 19.4 Å². The highest BCUT2D eigenvalue weighted by molar-refractivity contribution is 5.75. The maximum atomic E-state index is 11.6. The van der Waals surface area contributed by atoms with E-state index in [1.165, 1.54) is 32.1 Å². The average molecular weight is 298 g/mol. The Morgan fingerprint density at radius 2 is 1.29 bits per heavy atom. The molecule has 4 heteroatoms. The fourth-order valence-corrected chi connectivity index (χ4v) is 2.34. The summed E-state index contributed by atoms with van der Waals surface area (Å²) >= 11 is 0. The molecule has 0 aromatic rings. The van der Waals surface area contributed by atoms with Crippen LogP contribution in [0.3, 0.4) is 0 Å². The molecule has 3 N–H and O–H groups in total. The number of carbonyl (C=O) groups excluding carboxylic acids is 2. The summed E-state index contributed by atoms with van der Waals surface area (Å²) in [4.78, 5) is 22.1. The molecule has 0 fully saturated rings. The van der Waals surface area contributed by atoms with Crippen LogP contribution in [-0.4, -0.2) is 18.4 Å². The number of carbonyl (C=O) groups is 2. The Hall–Kier alpha value is -1.06. The minimum Gasteiger partial charge on any atom is -0.370 e. The fraction of sp³-hybridized carbons (Fsp3) is 0.882. The van der Waals surface area contributed by atoms with Crippen LogP contribution in [0.2, 0.25) is 0 Å². The highest BCUT2D eigenvalue weighted by atomic mass is 16.1. The number of amides is 2. The van der Waals surface area contributed by atoms with Gasteiger partial charge >= 0.3 is 0 Å². The zero-order valence-electron chi connectivity index (χ0n) is 13.8. The molecule has 0 aliphatic carbocycles. The number of rotatable bonds is 15. The van der Waals surface area contributed by atoms with E-state index in [1.54, 1.807) is 0 Å². The predicted octanol–water partition coefficient (Wildman–Crippen LogP) is 3.68. The maximum Gasteiger partial charge on any atom is 0.219 e. The molecular weight excluding hydrogens is 264 g/mol. The van der Waals surface area contributed by atoms with Crippen LogP contribution < -0.4 is 11.1 Å². The summed E-state index contributed by atoms with van der Waals surface area (Å²) in [7, 11) is 0. The van der Waals surface area contributed by atoms with Crippen LogP contribution in [0, 0.1) is 0 Å². The number of nitrogens with two attached hydrogens (primary N) is 1. The fourth-order valence-electron chi connectivity index (χ4n) is 2.34. The van der Waals surface area contributed by atoms with E-state index in [1.807, 2.05) is 0 Å². The van der Waals surface area contributed by atoms with Gasteiger partial charge in [-0.05, 0) is 19.3 Å². The van der Waals surface area contributed by atoms with E-state index in [9.17, 15) is 9.59 Å². The molecule has 21 heavy (non-hydrogen) atoms. The molecule has 0 unspecified atom stereocenters. The minimum atomic E-state index is -0.211. The van der Waals surface area contributed by atoms with Crippen molar-refractivity contribution in [2.75, 3.05) is 6.54 Å². The van der Waals surface area contributed by atoms with Crippen molar-refractivity contribution in [1.82, 2.24) is 5.32 Å². The number of hydrogen-bond acceptors (Lipinski definition) is 2. The smallest absolute Gasteiger partial charge is 0.219 e. The molecule has 2 amide bonds. The van der Waals surface area contributed by atoms with Crippen molar-refractivity contribution >= 4 is 11.8 Å². The minimum absolute atomic E-state index is 0.194. The SMILES string of the molecule is CCCCCCCCC(=O)NCCCCCCCC(N)=O. The van der Waals surface area contributed by atoms with Gasteiger partial charge in [-0.1, -0.05) is 58.3 Å². The predicted molar refractivity (Wildman–Crippen MR) is 87.9 cm³/mol. The third-order valence-electron chi connectivity index (χ3n) is 3.68. The first-order valence-corrected chi connectivity index (χ1v) is 8.71. The highest BCUT2D eigenvalue weighted by Gasteiger charge is 2.00. The normalized spacial score (nSPS) is 10.5. The van der Waals surface area contributed by atoms with Crippen molar-refractivity contribution in [3.63, 3.8) is 0 Å². The molecule has 0 heterocycles. The maximum absolute atomic E-state index is 11.6. The van der Waals surface area contributed by atoms with Crippen molar-refractivity contribution in [2.45, 2.75) is 90.4 Å². The van der Waals surface area contributed by atoms with Gasteiger partial charge in [0.05, 0.1) is 0 Å². The first kappa shape index (κ1) is 19.9. The van der Waals surface area contributed by atoms with E-state index < -0.39 is 0 Å². The number of primary amides is 1. The molecule has 4 nitrogen and oxygen atoms in total. The van der Waals surface area contributed by atoms with Crippen LogP contribution >= 0.6 is 0 Å². The molecule has 0 radical (unpaired) electrons. The summed E-state index contributed by atoms with van der Waals surface area (Å²) in [5, 5.41) is 2.98. The lowest BCUT2D eigenvalue weighted by Gasteiger charge is -2.05. The first-order valence-electron chi connectivity index (χ1n) is 8.71. The van der Waals surface area contributed by atoms with Crippen LogP contribution in [0.5, 0.6) is 0 Å². The Kier molecular flexibility index (Phi) is 14.6. The van der Waals surface area contributed by atoms with E-state index in [-0.39, 0.29) is 11.8 Å². The van der Waals surface area contributed by atoms with E-state index in [0.717, 1.165) is 45.1 Å². The average Bonchev–Trinajstić information content (AvgIpc) is 2.45. The quantitative estimate of drug-likeness (QED) is 0.453. The van der Waals surface area contributed by atoms with Gasteiger partial charge in [0.1, 0.15) is 0 Å². The Bertz CT molecular complexity index is 268. The third-order valence-corrected chi connectivity index (χ3v) is 3.68. The lowest BCUT2D eigenvalue weighted by molar-refractivity contribution is -0.121. The number of unbranched alkanes of at least 4 members (excludes halogenated alkanes) is 9. The van der Waals surface area contributed by atoms with Gasteiger partial charge in [0.15, 0.2) is 0 Å². The number of nitrogens with one attached hydrogen (secondary N) is 1. The second-order valence-corrected chi connectivity index (χ2v) is 5.85. The third kappa shape index (κ3) is 16.9. The standard InChI is InChI=1S/C17H34N2O2/c1-2-3-4-5-8-11-14-17(21)19-15-12-9-6-7-10-13-16(18)20/h2-15H2,1H3,(H2,18,20)(H,19,21). The first-order chi connectivity index (χ1) is 10.2. The Balaban J connectivity index is 3.17. The summed E-state index contributed by atoms with van der Waals surface area (Å²) in [6.45, 7) is 3.00. The van der Waals surface area contributed by atoms with E-state index in [0.29, 0.717) is 12.8 Å². The van der Waals surface area contributed by atoms with Crippen LogP contribution in [0.15, 0.2) is 0 Å². The van der Waals surface area contributed by atoms with Crippen LogP contribution in [0.4, 0.5) is 0 Å². The second kappa shape index (κ2) is 15.3. The largest absolute Gasteiger partial charge is 0.370 e. The molecule has 0 rings (SSSR count). The lowest BCUT2D eigenvalue weighted by atomic mass is 10.1. The van der Waals surface area contributed by atoms with Crippen molar-refractivity contribution in [3.8, 4) is 0 Å². The summed E-state index contributed by atoms with van der Waals surface area (Å²) < 4.78 is 0. The van der Waals surface area contributed by atoms with Crippen LogP contribution in [-0.2, 0) is 9.59 Å².